The first kappa shape index (κ1) is 10.5. The molecule has 82 valence electrons. The van der Waals surface area contributed by atoms with Gasteiger partial charge in [0.05, 0.1) is 5.69 Å². The summed E-state index contributed by atoms with van der Waals surface area (Å²) in [6, 6.07) is 1.83. The number of anilines is 1. The molecule has 0 radical (unpaired) electrons. The molecule has 1 N–H and O–H groups in total. The van der Waals surface area contributed by atoms with Gasteiger partial charge < -0.3 is 5.32 Å². The molecule has 0 fully saturated rings. The minimum atomic E-state index is 0.727. The maximum atomic E-state index is 4.33. The van der Waals surface area contributed by atoms with Crippen LogP contribution in [-0.4, -0.2) is 26.5 Å². The second-order valence-electron chi connectivity index (χ2n) is 3.27. The van der Waals surface area contributed by atoms with Gasteiger partial charge >= 0.3 is 0 Å². The van der Waals surface area contributed by atoms with E-state index >= 15 is 0 Å². The van der Waals surface area contributed by atoms with Gasteiger partial charge in [-0.1, -0.05) is 0 Å². The van der Waals surface area contributed by atoms with Gasteiger partial charge in [0.25, 0.3) is 0 Å². The minimum Gasteiger partial charge on any atom is -0.368 e. The molecule has 2 rings (SSSR count). The van der Waals surface area contributed by atoms with E-state index in [2.05, 4.69) is 25.3 Å². The highest BCUT2D eigenvalue weighted by Gasteiger charge is 2.08. The summed E-state index contributed by atoms with van der Waals surface area (Å²) in [4.78, 5) is 16.9. The zero-order valence-corrected chi connectivity index (χ0v) is 9.31. The normalized spacial score (nSPS) is 10.1. The highest BCUT2D eigenvalue weighted by atomic mass is 15.0. The van der Waals surface area contributed by atoms with E-state index in [4.69, 9.17) is 0 Å². The largest absolute Gasteiger partial charge is 0.368 e. The Balaban J connectivity index is 2.46. The van der Waals surface area contributed by atoms with Gasteiger partial charge in [-0.15, -0.1) is 0 Å². The lowest BCUT2D eigenvalue weighted by atomic mass is 10.3. The predicted molar refractivity (Wildman–Crippen MR) is 62.0 cm³/mol. The summed E-state index contributed by atoms with van der Waals surface area (Å²) >= 11 is 0. The molecular weight excluding hydrogens is 202 g/mol. The van der Waals surface area contributed by atoms with E-state index in [1.54, 1.807) is 18.6 Å². The third-order valence-electron chi connectivity index (χ3n) is 2.06. The average molecular weight is 215 g/mol. The maximum Gasteiger partial charge on any atom is 0.154 e. The van der Waals surface area contributed by atoms with E-state index in [-0.39, 0.29) is 0 Å². The lowest BCUT2D eigenvalue weighted by molar-refractivity contribution is 1.04. The summed E-state index contributed by atoms with van der Waals surface area (Å²) in [5.74, 6) is 1.48. The van der Waals surface area contributed by atoms with Crippen molar-refractivity contribution < 1.29 is 0 Å². The van der Waals surface area contributed by atoms with Crippen molar-refractivity contribution in [3.8, 4) is 11.4 Å². The molecule has 2 heterocycles. The molecule has 0 aliphatic carbocycles. The fraction of sp³-hybridized carbons (Fsp3) is 0.273. The van der Waals surface area contributed by atoms with Crippen LogP contribution < -0.4 is 5.32 Å². The first-order chi connectivity index (χ1) is 7.81. The Bertz CT molecular complexity index is 483. The van der Waals surface area contributed by atoms with Crippen LogP contribution in [0.5, 0.6) is 0 Å². The van der Waals surface area contributed by atoms with Gasteiger partial charge in [-0.25, -0.2) is 19.9 Å². The van der Waals surface area contributed by atoms with Crippen LogP contribution in [0, 0.1) is 6.92 Å². The fourth-order valence-electron chi connectivity index (χ4n) is 1.41. The predicted octanol–water partition coefficient (Wildman–Crippen LogP) is 1.67. The van der Waals surface area contributed by atoms with Gasteiger partial charge in [0.2, 0.25) is 0 Å². The molecule has 0 saturated heterocycles. The summed E-state index contributed by atoms with van der Waals surface area (Å²) in [5.41, 5.74) is 1.55. The first-order valence-corrected chi connectivity index (χ1v) is 5.16. The van der Waals surface area contributed by atoms with E-state index < -0.39 is 0 Å². The number of nitrogens with zero attached hydrogens (tertiary/aromatic N) is 4. The standard InChI is InChI=1S/C11H13N5/c1-3-12-11-10(14-6-7-15-11)9-4-5-13-8(2)16-9/h4-7H,3H2,1-2H3,(H,12,15). The van der Waals surface area contributed by atoms with E-state index in [0.717, 1.165) is 29.6 Å². The number of rotatable bonds is 3. The summed E-state index contributed by atoms with van der Waals surface area (Å²) in [7, 11) is 0. The molecule has 0 saturated carbocycles. The second-order valence-corrected chi connectivity index (χ2v) is 3.27. The molecule has 0 atom stereocenters. The number of hydrogen-bond acceptors (Lipinski definition) is 5. The zero-order valence-electron chi connectivity index (χ0n) is 9.31. The van der Waals surface area contributed by atoms with Crippen molar-refractivity contribution in [3.05, 3.63) is 30.5 Å². The van der Waals surface area contributed by atoms with E-state index in [1.807, 2.05) is 19.9 Å². The highest BCUT2D eigenvalue weighted by molar-refractivity contribution is 5.67. The monoisotopic (exact) mass is 215 g/mol. The number of nitrogens with one attached hydrogen (secondary N) is 1. The van der Waals surface area contributed by atoms with Crippen molar-refractivity contribution >= 4 is 5.82 Å². The molecule has 5 heteroatoms. The maximum absolute atomic E-state index is 4.33. The molecule has 2 aromatic heterocycles. The van der Waals surface area contributed by atoms with Crippen LogP contribution in [0.2, 0.25) is 0 Å². The SMILES string of the molecule is CCNc1nccnc1-c1ccnc(C)n1. The molecule has 16 heavy (non-hydrogen) atoms. The third kappa shape index (κ3) is 2.13. The van der Waals surface area contributed by atoms with Crippen LogP contribution >= 0.6 is 0 Å². The number of aryl methyl sites for hydroxylation is 1. The Labute approximate surface area is 94.0 Å². The fourth-order valence-corrected chi connectivity index (χ4v) is 1.41. The van der Waals surface area contributed by atoms with Crippen molar-refractivity contribution in [1.29, 1.82) is 0 Å². The second kappa shape index (κ2) is 4.65. The molecule has 0 aromatic carbocycles. The molecular formula is C11H13N5. The van der Waals surface area contributed by atoms with Crippen molar-refractivity contribution in [2.24, 2.45) is 0 Å². The van der Waals surface area contributed by atoms with E-state index in [0.29, 0.717) is 0 Å². The lowest BCUT2D eigenvalue weighted by Gasteiger charge is -2.07. The Hall–Kier alpha value is -2.04. The molecule has 0 spiro atoms. The topological polar surface area (TPSA) is 63.6 Å². The highest BCUT2D eigenvalue weighted by Crippen LogP contribution is 2.20. The van der Waals surface area contributed by atoms with E-state index in [9.17, 15) is 0 Å². The molecule has 0 aliphatic heterocycles. The molecule has 0 bridgehead atoms. The first-order valence-electron chi connectivity index (χ1n) is 5.16. The molecule has 0 unspecified atom stereocenters. The molecule has 0 aliphatic rings. The van der Waals surface area contributed by atoms with Gasteiger partial charge in [0.1, 0.15) is 11.5 Å². The summed E-state index contributed by atoms with van der Waals surface area (Å²) in [6.45, 7) is 4.67. The van der Waals surface area contributed by atoms with Crippen molar-refractivity contribution in [1.82, 2.24) is 19.9 Å². The van der Waals surface area contributed by atoms with Crippen molar-refractivity contribution in [2.45, 2.75) is 13.8 Å². The Morgan fingerprint density at radius 3 is 2.69 bits per heavy atom. The summed E-state index contributed by atoms with van der Waals surface area (Å²) in [5, 5.41) is 3.16. The molecule has 0 amide bonds. The number of aromatic nitrogens is 4. The quantitative estimate of drug-likeness (QED) is 0.843. The summed E-state index contributed by atoms with van der Waals surface area (Å²) in [6.07, 6.45) is 5.05. The van der Waals surface area contributed by atoms with Gasteiger partial charge in [-0.05, 0) is 19.9 Å². The van der Waals surface area contributed by atoms with E-state index in [1.165, 1.54) is 0 Å². The van der Waals surface area contributed by atoms with Crippen LogP contribution in [0.1, 0.15) is 12.7 Å². The zero-order chi connectivity index (χ0) is 11.4. The van der Waals surface area contributed by atoms with Gasteiger partial charge in [0.15, 0.2) is 5.82 Å². The minimum absolute atomic E-state index is 0.727. The van der Waals surface area contributed by atoms with Gasteiger partial charge in [-0.2, -0.15) is 0 Å². The Kier molecular flexibility index (Phi) is 3.05. The summed E-state index contributed by atoms with van der Waals surface area (Å²) < 4.78 is 0. The van der Waals surface area contributed by atoms with Gasteiger partial charge in [0, 0.05) is 25.1 Å². The molecule has 2 aromatic rings. The number of hydrogen-bond donors (Lipinski definition) is 1. The molecule has 5 nitrogen and oxygen atoms in total. The Morgan fingerprint density at radius 1 is 1.12 bits per heavy atom. The van der Waals surface area contributed by atoms with Crippen molar-refractivity contribution in [2.75, 3.05) is 11.9 Å². The Morgan fingerprint density at radius 2 is 1.94 bits per heavy atom. The van der Waals surface area contributed by atoms with Gasteiger partial charge in [-0.3, -0.25) is 0 Å². The van der Waals surface area contributed by atoms with Crippen LogP contribution in [0.4, 0.5) is 5.82 Å². The smallest absolute Gasteiger partial charge is 0.154 e. The third-order valence-corrected chi connectivity index (χ3v) is 2.06. The van der Waals surface area contributed by atoms with Crippen LogP contribution in [0.15, 0.2) is 24.7 Å². The van der Waals surface area contributed by atoms with Crippen LogP contribution in [0.3, 0.4) is 0 Å². The van der Waals surface area contributed by atoms with Crippen LogP contribution in [0.25, 0.3) is 11.4 Å². The average Bonchev–Trinajstić information content (AvgIpc) is 2.30. The van der Waals surface area contributed by atoms with Crippen molar-refractivity contribution in [3.63, 3.8) is 0 Å². The van der Waals surface area contributed by atoms with Crippen LogP contribution in [-0.2, 0) is 0 Å². The lowest BCUT2D eigenvalue weighted by Crippen LogP contribution is -2.03.